The molecule has 0 unspecified atom stereocenters. The average molecular weight is 357 g/mol. The minimum absolute atomic E-state index is 0.314. The maximum atomic E-state index is 5.93. The molecular formula is C17H13ClN4OS. The zero-order valence-electron chi connectivity index (χ0n) is 12.8. The Morgan fingerprint density at radius 2 is 1.79 bits per heavy atom. The maximum absolute atomic E-state index is 5.93. The van der Waals surface area contributed by atoms with Gasteiger partial charge in [-0.1, -0.05) is 52.8 Å². The van der Waals surface area contributed by atoms with Gasteiger partial charge in [-0.25, -0.2) is 0 Å². The number of fused-ring (bicyclic) bond motifs is 1. The predicted octanol–water partition coefficient (Wildman–Crippen LogP) is 4.39. The molecule has 2 aromatic carbocycles. The van der Waals surface area contributed by atoms with Crippen LogP contribution in [0.4, 0.5) is 0 Å². The first kappa shape index (κ1) is 15.1. The van der Waals surface area contributed by atoms with E-state index >= 15 is 0 Å². The van der Waals surface area contributed by atoms with Crippen LogP contribution in [0.15, 0.2) is 48.5 Å². The maximum Gasteiger partial charge on any atom is 0.235 e. The molecule has 0 spiro atoms. The van der Waals surface area contributed by atoms with Crippen LogP contribution in [-0.4, -0.2) is 19.8 Å². The summed E-state index contributed by atoms with van der Waals surface area (Å²) < 4.78 is 7.49. The van der Waals surface area contributed by atoms with Gasteiger partial charge >= 0.3 is 0 Å². The number of hydrogen-bond acceptors (Lipinski definition) is 5. The molecular weight excluding hydrogens is 344 g/mol. The van der Waals surface area contributed by atoms with Crippen LogP contribution in [0.25, 0.3) is 15.5 Å². The van der Waals surface area contributed by atoms with Crippen molar-refractivity contribution in [2.75, 3.05) is 0 Å². The average Bonchev–Trinajstić information content (AvgIpc) is 3.16. The van der Waals surface area contributed by atoms with Crippen molar-refractivity contribution < 1.29 is 4.74 Å². The molecule has 0 fully saturated rings. The van der Waals surface area contributed by atoms with Crippen molar-refractivity contribution in [2.45, 2.75) is 13.5 Å². The number of nitrogens with zero attached hydrogens (tertiary/aromatic N) is 4. The van der Waals surface area contributed by atoms with E-state index in [9.17, 15) is 0 Å². The van der Waals surface area contributed by atoms with Crippen LogP contribution >= 0.6 is 22.9 Å². The van der Waals surface area contributed by atoms with Crippen LogP contribution in [0.2, 0.25) is 5.02 Å². The van der Waals surface area contributed by atoms with E-state index in [-0.39, 0.29) is 0 Å². The van der Waals surface area contributed by atoms with Crippen LogP contribution in [0.1, 0.15) is 11.4 Å². The molecule has 2 aromatic heterocycles. The molecule has 24 heavy (non-hydrogen) atoms. The SMILES string of the molecule is Cc1ccc(OCc2nnc3sc(-c4ccc(Cl)cc4)nn23)cc1. The van der Waals surface area contributed by atoms with Gasteiger partial charge in [0.1, 0.15) is 17.4 Å². The first-order valence-electron chi connectivity index (χ1n) is 7.35. The zero-order valence-corrected chi connectivity index (χ0v) is 14.4. The van der Waals surface area contributed by atoms with E-state index in [0.717, 1.165) is 21.3 Å². The van der Waals surface area contributed by atoms with E-state index in [0.29, 0.717) is 17.5 Å². The first-order chi connectivity index (χ1) is 11.7. The Kier molecular flexibility index (Phi) is 3.92. The molecule has 0 amide bonds. The number of hydrogen-bond donors (Lipinski definition) is 0. The molecule has 5 nitrogen and oxygen atoms in total. The van der Waals surface area contributed by atoms with Crippen molar-refractivity contribution in [3.05, 3.63) is 64.9 Å². The summed E-state index contributed by atoms with van der Waals surface area (Å²) in [5, 5.41) is 14.5. The molecule has 0 bridgehead atoms. The van der Waals surface area contributed by atoms with Gasteiger partial charge in [-0.2, -0.15) is 9.61 Å². The smallest absolute Gasteiger partial charge is 0.235 e. The molecule has 7 heteroatoms. The summed E-state index contributed by atoms with van der Waals surface area (Å²) in [6, 6.07) is 15.5. The van der Waals surface area contributed by atoms with Gasteiger partial charge in [0.15, 0.2) is 5.82 Å². The van der Waals surface area contributed by atoms with Crippen molar-refractivity contribution in [1.29, 1.82) is 0 Å². The van der Waals surface area contributed by atoms with Crippen LogP contribution in [0, 0.1) is 6.92 Å². The molecule has 0 saturated carbocycles. The highest BCUT2D eigenvalue weighted by Gasteiger charge is 2.13. The number of aryl methyl sites for hydroxylation is 1. The van der Waals surface area contributed by atoms with Crippen molar-refractivity contribution in [2.24, 2.45) is 0 Å². The highest BCUT2D eigenvalue weighted by Crippen LogP contribution is 2.26. The van der Waals surface area contributed by atoms with Gasteiger partial charge in [0.2, 0.25) is 4.96 Å². The largest absolute Gasteiger partial charge is 0.486 e. The Morgan fingerprint density at radius 3 is 2.54 bits per heavy atom. The molecule has 0 N–H and O–H groups in total. The van der Waals surface area contributed by atoms with Crippen LogP contribution in [-0.2, 0) is 6.61 Å². The molecule has 4 rings (SSSR count). The Balaban J connectivity index is 1.58. The van der Waals surface area contributed by atoms with Crippen LogP contribution < -0.4 is 4.74 Å². The minimum Gasteiger partial charge on any atom is -0.486 e. The normalized spacial score (nSPS) is 11.1. The van der Waals surface area contributed by atoms with E-state index in [1.807, 2.05) is 55.5 Å². The Bertz CT molecular complexity index is 976. The Morgan fingerprint density at radius 1 is 1.04 bits per heavy atom. The second-order valence-electron chi connectivity index (χ2n) is 5.33. The number of halogens is 1. The number of rotatable bonds is 4. The third-order valence-corrected chi connectivity index (χ3v) is 4.74. The summed E-state index contributed by atoms with van der Waals surface area (Å²) in [7, 11) is 0. The van der Waals surface area contributed by atoms with E-state index in [2.05, 4.69) is 15.3 Å². The third-order valence-electron chi connectivity index (χ3n) is 3.54. The van der Waals surface area contributed by atoms with Gasteiger partial charge in [0, 0.05) is 10.6 Å². The quantitative estimate of drug-likeness (QED) is 0.544. The number of benzene rings is 2. The second-order valence-corrected chi connectivity index (χ2v) is 6.72. The van der Waals surface area contributed by atoms with Gasteiger partial charge in [0.05, 0.1) is 0 Å². The second kappa shape index (κ2) is 6.22. The summed E-state index contributed by atoms with van der Waals surface area (Å²) in [6.45, 7) is 2.35. The van der Waals surface area contributed by atoms with Gasteiger partial charge in [-0.05, 0) is 31.2 Å². The molecule has 120 valence electrons. The fourth-order valence-electron chi connectivity index (χ4n) is 2.24. The van der Waals surface area contributed by atoms with Gasteiger partial charge in [-0.15, -0.1) is 10.2 Å². The lowest BCUT2D eigenvalue weighted by Crippen LogP contribution is -2.02. The van der Waals surface area contributed by atoms with Crippen molar-refractivity contribution in [1.82, 2.24) is 19.8 Å². The summed E-state index contributed by atoms with van der Waals surface area (Å²) in [6.07, 6.45) is 0. The molecule has 2 heterocycles. The Hall–Kier alpha value is -2.44. The van der Waals surface area contributed by atoms with Crippen LogP contribution in [0.3, 0.4) is 0 Å². The third kappa shape index (κ3) is 2.98. The number of aromatic nitrogens is 4. The van der Waals surface area contributed by atoms with E-state index in [1.165, 1.54) is 16.9 Å². The molecule has 0 saturated heterocycles. The lowest BCUT2D eigenvalue weighted by molar-refractivity contribution is 0.293. The van der Waals surface area contributed by atoms with E-state index in [1.54, 1.807) is 4.52 Å². The zero-order chi connectivity index (χ0) is 16.5. The summed E-state index contributed by atoms with van der Waals surface area (Å²) >= 11 is 7.41. The Labute approximate surface area is 147 Å². The van der Waals surface area contributed by atoms with Gasteiger partial charge in [0.25, 0.3) is 0 Å². The van der Waals surface area contributed by atoms with Crippen molar-refractivity contribution in [3.8, 4) is 16.3 Å². The highest BCUT2D eigenvalue weighted by molar-refractivity contribution is 7.19. The highest BCUT2D eigenvalue weighted by atomic mass is 35.5. The van der Waals surface area contributed by atoms with Gasteiger partial charge in [-0.3, -0.25) is 0 Å². The lowest BCUT2D eigenvalue weighted by Gasteiger charge is -2.04. The summed E-state index contributed by atoms with van der Waals surface area (Å²) in [5.74, 6) is 1.47. The fraction of sp³-hybridized carbons (Fsp3) is 0.118. The van der Waals surface area contributed by atoms with E-state index in [4.69, 9.17) is 16.3 Å². The minimum atomic E-state index is 0.314. The topological polar surface area (TPSA) is 52.3 Å². The fourth-order valence-corrected chi connectivity index (χ4v) is 3.23. The summed E-state index contributed by atoms with van der Waals surface area (Å²) in [4.78, 5) is 0.738. The monoisotopic (exact) mass is 356 g/mol. The van der Waals surface area contributed by atoms with Crippen molar-refractivity contribution >= 4 is 27.9 Å². The lowest BCUT2D eigenvalue weighted by atomic mass is 10.2. The van der Waals surface area contributed by atoms with Crippen molar-refractivity contribution in [3.63, 3.8) is 0 Å². The summed E-state index contributed by atoms with van der Waals surface area (Å²) in [5.41, 5.74) is 2.19. The molecule has 0 aliphatic heterocycles. The van der Waals surface area contributed by atoms with Crippen LogP contribution in [0.5, 0.6) is 5.75 Å². The molecule has 0 aliphatic carbocycles. The predicted molar refractivity (Wildman–Crippen MR) is 94.6 cm³/mol. The van der Waals surface area contributed by atoms with E-state index < -0.39 is 0 Å². The molecule has 4 aromatic rings. The molecule has 0 aliphatic rings. The molecule has 0 atom stereocenters. The van der Waals surface area contributed by atoms with Gasteiger partial charge < -0.3 is 4.74 Å². The standard InChI is InChI=1S/C17H13ClN4OS/c1-11-2-8-14(9-3-11)23-10-15-19-20-17-22(15)21-16(24-17)12-4-6-13(18)7-5-12/h2-9H,10H2,1H3. The number of ether oxygens (including phenoxy) is 1. The molecule has 0 radical (unpaired) electrons. The first-order valence-corrected chi connectivity index (χ1v) is 8.55.